The first-order chi connectivity index (χ1) is 7.16. The fourth-order valence-corrected chi connectivity index (χ4v) is 1.56. The molecule has 2 rings (SSSR count). The van der Waals surface area contributed by atoms with Crippen LogP contribution in [0.15, 0.2) is 32.2 Å². The molecule has 0 aliphatic heterocycles. The molecular formula is C9H8BrN3O2. The molecule has 0 spiro atoms. The van der Waals surface area contributed by atoms with Gasteiger partial charge in [-0.2, -0.15) is 0 Å². The molecule has 15 heavy (non-hydrogen) atoms. The zero-order chi connectivity index (χ0) is 10.8. The number of aromatic nitrogens is 3. The second-order valence-electron chi connectivity index (χ2n) is 3.11. The maximum Gasteiger partial charge on any atom is 0.250 e. The number of halogens is 1. The lowest BCUT2D eigenvalue weighted by molar-refractivity contribution is 0.300. The summed E-state index contributed by atoms with van der Waals surface area (Å²) in [7, 11) is 0. The first kappa shape index (κ1) is 10.1. The van der Waals surface area contributed by atoms with Crippen LogP contribution >= 0.6 is 15.9 Å². The third-order valence-corrected chi connectivity index (χ3v) is 2.48. The summed E-state index contributed by atoms with van der Waals surface area (Å²) in [5.74, 6) is 0. The lowest BCUT2D eigenvalue weighted by Gasteiger charge is -2.02. The van der Waals surface area contributed by atoms with Crippen LogP contribution in [0.4, 0.5) is 0 Å². The SMILES string of the molecule is Cc1nonc1Cn1cc(Br)ccc1=O. The predicted molar refractivity (Wildman–Crippen MR) is 56.5 cm³/mol. The van der Waals surface area contributed by atoms with Gasteiger partial charge in [-0.15, -0.1) is 0 Å². The Balaban J connectivity index is 2.36. The number of aryl methyl sites for hydroxylation is 1. The Morgan fingerprint density at radius 2 is 2.27 bits per heavy atom. The quantitative estimate of drug-likeness (QED) is 0.826. The normalized spacial score (nSPS) is 10.5. The zero-order valence-corrected chi connectivity index (χ0v) is 9.56. The molecule has 0 unspecified atom stereocenters. The first-order valence-corrected chi connectivity index (χ1v) is 5.10. The van der Waals surface area contributed by atoms with Gasteiger partial charge in [-0.3, -0.25) is 4.79 Å². The zero-order valence-electron chi connectivity index (χ0n) is 7.98. The Kier molecular flexibility index (Phi) is 2.68. The molecule has 0 bridgehead atoms. The van der Waals surface area contributed by atoms with Crippen molar-refractivity contribution in [1.29, 1.82) is 0 Å². The molecule has 0 saturated heterocycles. The van der Waals surface area contributed by atoms with Gasteiger partial charge in [0.1, 0.15) is 11.4 Å². The van der Waals surface area contributed by atoms with Gasteiger partial charge >= 0.3 is 0 Å². The molecule has 0 fully saturated rings. The van der Waals surface area contributed by atoms with Crippen LogP contribution in [0.25, 0.3) is 0 Å². The van der Waals surface area contributed by atoms with Crippen molar-refractivity contribution in [3.63, 3.8) is 0 Å². The molecule has 0 amide bonds. The van der Waals surface area contributed by atoms with Gasteiger partial charge in [-0.1, -0.05) is 10.3 Å². The maximum atomic E-state index is 11.5. The molecule has 5 nitrogen and oxygen atoms in total. The minimum Gasteiger partial charge on any atom is -0.308 e. The fourth-order valence-electron chi connectivity index (χ4n) is 1.18. The molecule has 2 aromatic heterocycles. The van der Waals surface area contributed by atoms with E-state index in [1.807, 2.05) is 0 Å². The first-order valence-electron chi connectivity index (χ1n) is 4.31. The van der Waals surface area contributed by atoms with Crippen molar-refractivity contribution in [3.05, 3.63) is 44.5 Å². The Labute approximate surface area is 93.8 Å². The fraction of sp³-hybridized carbons (Fsp3) is 0.222. The number of hydrogen-bond acceptors (Lipinski definition) is 4. The summed E-state index contributed by atoms with van der Waals surface area (Å²) in [6.45, 7) is 2.16. The Morgan fingerprint density at radius 3 is 2.93 bits per heavy atom. The van der Waals surface area contributed by atoms with E-state index in [0.717, 1.165) is 4.47 Å². The molecule has 0 radical (unpaired) electrons. The summed E-state index contributed by atoms with van der Waals surface area (Å²) in [4.78, 5) is 11.5. The number of nitrogens with zero attached hydrogens (tertiary/aromatic N) is 3. The Morgan fingerprint density at radius 1 is 1.47 bits per heavy atom. The minimum absolute atomic E-state index is 0.0828. The van der Waals surface area contributed by atoms with Crippen molar-refractivity contribution >= 4 is 15.9 Å². The summed E-state index contributed by atoms with van der Waals surface area (Å²) in [5.41, 5.74) is 1.28. The Hall–Kier alpha value is -1.43. The average Bonchev–Trinajstić information content (AvgIpc) is 2.58. The van der Waals surface area contributed by atoms with Gasteiger partial charge in [0, 0.05) is 16.7 Å². The van der Waals surface area contributed by atoms with Gasteiger partial charge in [-0.25, -0.2) is 4.63 Å². The van der Waals surface area contributed by atoms with E-state index in [4.69, 9.17) is 0 Å². The summed E-state index contributed by atoms with van der Waals surface area (Å²) in [6, 6.07) is 3.19. The molecule has 2 aromatic rings. The monoisotopic (exact) mass is 269 g/mol. The van der Waals surface area contributed by atoms with Gasteiger partial charge in [-0.05, 0) is 28.9 Å². The summed E-state index contributed by atoms with van der Waals surface area (Å²) < 4.78 is 6.94. The van der Waals surface area contributed by atoms with E-state index < -0.39 is 0 Å². The Bertz CT molecular complexity index is 532. The van der Waals surface area contributed by atoms with Crippen molar-refractivity contribution in [2.75, 3.05) is 0 Å². The van der Waals surface area contributed by atoms with Gasteiger partial charge < -0.3 is 4.57 Å². The molecule has 0 aliphatic rings. The molecule has 78 valence electrons. The molecule has 0 N–H and O–H groups in total. The van der Waals surface area contributed by atoms with Crippen LogP contribution in [-0.2, 0) is 6.54 Å². The van der Waals surface area contributed by atoms with Crippen molar-refractivity contribution in [3.8, 4) is 0 Å². The van der Waals surface area contributed by atoms with E-state index in [-0.39, 0.29) is 5.56 Å². The van der Waals surface area contributed by atoms with Crippen LogP contribution in [-0.4, -0.2) is 14.9 Å². The number of rotatable bonds is 2. The van der Waals surface area contributed by atoms with Crippen molar-refractivity contribution in [1.82, 2.24) is 14.9 Å². The number of pyridine rings is 1. The smallest absolute Gasteiger partial charge is 0.250 e. The van der Waals surface area contributed by atoms with Gasteiger partial charge in [0.05, 0.1) is 6.54 Å². The van der Waals surface area contributed by atoms with Crippen LogP contribution in [0.2, 0.25) is 0 Å². The van der Waals surface area contributed by atoms with Crippen LogP contribution in [0.3, 0.4) is 0 Å². The highest BCUT2D eigenvalue weighted by molar-refractivity contribution is 9.10. The van der Waals surface area contributed by atoms with E-state index in [9.17, 15) is 4.79 Å². The molecule has 6 heteroatoms. The largest absolute Gasteiger partial charge is 0.308 e. The minimum atomic E-state index is -0.0828. The van der Waals surface area contributed by atoms with E-state index in [1.54, 1.807) is 19.2 Å². The van der Waals surface area contributed by atoms with E-state index in [2.05, 4.69) is 30.9 Å². The molecule has 0 saturated carbocycles. The third-order valence-electron chi connectivity index (χ3n) is 2.01. The van der Waals surface area contributed by atoms with Crippen LogP contribution < -0.4 is 5.56 Å². The van der Waals surface area contributed by atoms with Gasteiger partial charge in [0.2, 0.25) is 0 Å². The van der Waals surface area contributed by atoms with E-state index in [0.29, 0.717) is 17.9 Å². The summed E-state index contributed by atoms with van der Waals surface area (Å²) in [6.07, 6.45) is 1.70. The van der Waals surface area contributed by atoms with Gasteiger partial charge in [0.25, 0.3) is 5.56 Å². The highest BCUT2D eigenvalue weighted by Crippen LogP contribution is 2.07. The standard InChI is InChI=1S/C9H8BrN3O2/c1-6-8(12-15-11-6)5-13-4-7(10)2-3-9(13)14/h2-4H,5H2,1H3. The molecule has 0 aromatic carbocycles. The van der Waals surface area contributed by atoms with Crippen LogP contribution in [0.5, 0.6) is 0 Å². The summed E-state index contributed by atoms with van der Waals surface area (Å²) in [5, 5.41) is 7.37. The predicted octanol–water partition coefficient (Wildman–Crippen LogP) is 1.35. The lowest BCUT2D eigenvalue weighted by atomic mass is 10.3. The number of hydrogen-bond donors (Lipinski definition) is 0. The second kappa shape index (κ2) is 3.98. The highest BCUT2D eigenvalue weighted by Gasteiger charge is 2.06. The van der Waals surface area contributed by atoms with E-state index >= 15 is 0 Å². The topological polar surface area (TPSA) is 60.9 Å². The van der Waals surface area contributed by atoms with Crippen molar-refractivity contribution < 1.29 is 4.63 Å². The van der Waals surface area contributed by atoms with Crippen molar-refractivity contribution in [2.45, 2.75) is 13.5 Å². The third kappa shape index (κ3) is 2.15. The molecule has 0 aliphatic carbocycles. The van der Waals surface area contributed by atoms with E-state index in [1.165, 1.54) is 10.6 Å². The molecular weight excluding hydrogens is 262 g/mol. The van der Waals surface area contributed by atoms with Gasteiger partial charge in [0.15, 0.2) is 0 Å². The molecule has 2 heterocycles. The average molecular weight is 270 g/mol. The van der Waals surface area contributed by atoms with Crippen LogP contribution in [0.1, 0.15) is 11.4 Å². The highest BCUT2D eigenvalue weighted by atomic mass is 79.9. The summed E-state index contributed by atoms with van der Waals surface area (Å²) >= 11 is 3.30. The maximum absolute atomic E-state index is 11.5. The lowest BCUT2D eigenvalue weighted by Crippen LogP contribution is -2.19. The van der Waals surface area contributed by atoms with Crippen LogP contribution in [0, 0.1) is 6.92 Å². The van der Waals surface area contributed by atoms with Crippen molar-refractivity contribution in [2.24, 2.45) is 0 Å². The molecule has 0 atom stereocenters. The second-order valence-corrected chi connectivity index (χ2v) is 4.03.